The minimum absolute atomic E-state index is 0.715. The second-order valence-corrected chi connectivity index (χ2v) is 4.92. The van der Waals surface area contributed by atoms with Gasteiger partial charge in [0, 0.05) is 5.69 Å². The number of hydrogen-bond donors (Lipinski definition) is 2. The van der Waals surface area contributed by atoms with Gasteiger partial charge in [-0.15, -0.1) is 0 Å². The topological polar surface area (TPSA) is 80.4 Å². The van der Waals surface area contributed by atoms with Crippen molar-refractivity contribution in [3.05, 3.63) is 28.8 Å². The summed E-state index contributed by atoms with van der Waals surface area (Å²) in [5.41, 5.74) is 10.4. The van der Waals surface area contributed by atoms with Crippen molar-refractivity contribution in [3.63, 3.8) is 0 Å². The van der Waals surface area contributed by atoms with Gasteiger partial charge >= 0.3 is 0 Å². The van der Waals surface area contributed by atoms with Crippen LogP contribution in [-0.2, 0) is 10.1 Å². The van der Waals surface area contributed by atoms with Gasteiger partial charge in [-0.05, 0) is 43.5 Å². The van der Waals surface area contributed by atoms with Crippen molar-refractivity contribution in [2.24, 2.45) is 0 Å². The van der Waals surface area contributed by atoms with Gasteiger partial charge in [0.2, 0.25) is 0 Å². The molecule has 0 saturated heterocycles. The maximum atomic E-state index is 9.19. The van der Waals surface area contributed by atoms with Crippen molar-refractivity contribution >= 4 is 15.8 Å². The van der Waals surface area contributed by atoms with Gasteiger partial charge < -0.3 is 5.73 Å². The van der Waals surface area contributed by atoms with Crippen LogP contribution in [0.2, 0.25) is 0 Å². The molecule has 1 rings (SSSR count). The lowest BCUT2D eigenvalue weighted by Gasteiger charge is -2.05. The lowest BCUT2D eigenvalue weighted by atomic mass is 10.0. The van der Waals surface area contributed by atoms with E-state index in [0.29, 0.717) is 6.26 Å². The number of benzene rings is 1. The standard InChI is InChI=1S/C9H13N.CH4O3S/c1-6-4-5-9(10)8(3)7(6)2;1-5(2,3)4/h4-5H,10H2,1-3H3;1H3,(H,2,3,4). The summed E-state index contributed by atoms with van der Waals surface area (Å²) in [5, 5.41) is 0. The molecular formula is C10H17NO3S. The van der Waals surface area contributed by atoms with Gasteiger partial charge in [0.05, 0.1) is 6.26 Å². The monoisotopic (exact) mass is 231 g/mol. The van der Waals surface area contributed by atoms with Crippen LogP contribution in [0, 0.1) is 20.8 Å². The molecule has 0 amide bonds. The van der Waals surface area contributed by atoms with Gasteiger partial charge in [-0.1, -0.05) is 6.07 Å². The van der Waals surface area contributed by atoms with Gasteiger partial charge in [0.1, 0.15) is 0 Å². The number of nitrogens with two attached hydrogens (primary N) is 1. The minimum Gasteiger partial charge on any atom is -0.399 e. The van der Waals surface area contributed by atoms with Gasteiger partial charge in [0.15, 0.2) is 0 Å². The summed E-state index contributed by atoms with van der Waals surface area (Å²) < 4.78 is 25.9. The van der Waals surface area contributed by atoms with E-state index in [9.17, 15) is 8.42 Å². The Balaban J connectivity index is 0.000000336. The first-order chi connectivity index (χ1) is 6.63. The largest absolute Gasteiger partial charge is 0.399 e. The van der Waals surface area contributed by atoms with Crippen LogP contribution in [0.1, 0.15) is 16.7 Å². The Morgan fingerprint density at radius 2 is 1.53 bits per heavy atom. The van der Waals surface area contributed by atoms with Gasteiger partial charge in [-0.2, -0.15) is 8.42 Å². The third-order valence-electron chi connectivity index (χ3n) is 2.10. The molecule has 86 valence electrons. The van der Waals surface area contributed by atoms with E-state index in [2.05, 4.69) is 26.8 Å². The molecule has 1 aromatic carbocycles. The Morgan fingerprint density at radius 3 is 1.87 bits per heavy atom. The molecular weight excluding hydrogens is 214 g/mol. The second-order valence-electron chi connectivity index (χ2n) is 3.45. The van der Waals surface area contributed by atoms with Gasteiger partial charge in [-0.3, -0.25) is 4.55 Å². The van der Waals surface area contributed by atoms with E-state index < -0.39 is 10.1 Å². The average molecular weight is 231 g/mol. The molecule has 0 radical (unpaired) electrons. The van der Waals surface area contributed by atoms with Crippen LogP contribution < -0.4 is 5.73 Å². The van der Waals surface area contributed by atoms with E-state index in [1.807, 2.05) is 6.07 Å². The third kappa shape index (κ3) is 6.09. The number of hydrogen-bond acceptors (Lipinski definition) is 3. The normalized spacial score (nSPS) is 10.5. The van der Waals surface area contributed by atoms with Crippen LogP contribution in [0.25, 0.3) is 0 Å². The Kier molecular flexibility index (Phi) is 4.77. The summed E-state index contributed by atoms with van der Waals surface area (Å²) in [7, 11) is -3.67. The highest BCUT2D eigenvalue weighted by Gasteiger charge is 1.98. The van der Waals surface area contributed by atoms with Gasteiger partial charge in [0.25, 0.3) is 10.1 Å². The molecule has 0 atom stereocenters. The summed E-state index contributed by atoms with van der Waals surface area (Å²) in [4.78, 5) is 0. The predicted molar refractivity (Wildman–Crippen MR) is 62.5 cm³/mol. The fourth-order valence-electron chi connectivity index (χ4n) is 0.977. The van der Waals surface area contributed by atoms with Crippen LogP contribution in [0.4, 0.5) is 5.69 Å². The molecule has 15 heavy (non-hydrogen) atoms. The van der Waals surface area contributed by atoms with Crippen LogP contribution >= 0.6 is 0 Å². The summed E-state index contributed by atoms with van der Waals surface area (Å²) in [6.45, 7) is 6.25. The molecule has 0 unspecified atom stereocenters. The Bertz CT molecular complexity index is 403. The van der Waals surface area contributed by atoms with E-state index in [1.54, 1.807) is 0 Å². The van der Waals surface area contributed by atoms with Gasteiger partial charge in [-0.25, -0.2) is 0 Å². The van der Waals surface area contributed by atoms with Crippen molar-refractivity contribution in [1.82, 2.24) is 0 Å². The first kappa shape index (κ1) is 13.9. The smallest absolute Gasteiger partial charge is 0.261 e. The zero-order valence-corrected chi connectivity index (χ0v) is 10.2. The molecule has 0 aromatic heterocycles. The molecule has 5 heteroatoms. The second kappa shape index (κ2) is 5.14. The van der Waals surface area contributed by atoms with E-state index >= 15 is 0 Å². The van der Waals surface area contributed by atoms with Crippen LogP contribution in [0.3, 0.4) is 0 Å². The third-order valence-corrected chi connectivity index (χ3v) is 2.10. The number of rotatable bonds is 0. The molecule has 0 aliphatic carbocycles. The Labute approximate surface area is 90.9 Å². The van der Waals surface area contributed by atoms with E-state index in [-0.39, 0.29) is 0 Å². The van der Waals surface area contributed by atoms with Crippen molar-refractivity contribution in [2.45, 2.75) is 20.8 Å². The first-order valence-corrected chi connectivity index (χ1v) is 6.22. The molecule has 4 nitrogen and oxygen atoms in total. The molecule has 0 aliphatic heterocycles. The van der Waals surface area contributed by atoms with Crippen LogP contribution in [0.15, 0.2) is 12.1 Å². The summed E-state index contributed by atoms with van der Waals surface area (Å²) in [6.07, 6.45) is 0.715. The first-order valence-electron chi connectivity index (χ1n) is 4.37. The number of aryl methyl sites for hydroxylation is 1. The lowest BCUT2D eigenvalue weighted by Crippen LogP contribution is -1.93. The fourth-order valence-corrected chi connectivity index (χ4v) is 0.977. The van der Waals surface area contributed by atoms with Crippen molar-refractivity contribution in [3.8, 4) is 0 Å². The molecule has 0 fully saturated rings. The molecule has 3 N–H and O–H groups in total. The highest BCUT2D eigenvalue weighted by atomic mass is 32.2. The van der Waals surface area contributed by atoms with Crippen molar-refractivity contribution in [1.29, 1.82) is 0 Å². The lowest BCUT2D eigenvalue weighted by molar-refractivity contribution is 0.490. The number of anilines is 1. The zero-order chi connectivity index (χ0) is 12.2. The minimum atomic E-state index is -3.67. The summed E-state index contributed by atoms with van der Waals surface area (Å²) in [5.74, 6) is 0. The molecule has 0 spiro atoms. The van der Waals surface area contributed by atoms with Crippen LogP contribution in [0.5, 0.6) is 0 Å². The van der Waals surface area contributed by atoms with E-state index in [1.165, 1.54) is 16.7 Å². The SMILES string of the molecule is CS(=O)(=O)O.Cc1ccc(N)c(C)c1C. The highest BCUT2D eigenvalue weighted by molar-refractivity contribution is 7.85. The fraction of sp³-hybridized carbons (Fsp3) is 0.400. The maximum Gasteiger partial charge on any atom is 0.261 e. The molecule has 1 aromatic rings. The molecule has 0 aliphatic rings. The Morgan fingerprint density at radius 1 is 1.13 bits per heavy atom. The number of nitrogen functional groups attached to an aromatic ring is 1. The van der Waals surface area contributed by atoms with E-state index in [4.69, 9.17) is 10.3 Å². The van der Waals surface area contributed by atoms with Crippen molar-refractivity contribution in [2.75, 3.05) is 12.0 Å². The maximum absolute atomic E-state index is 9.19. The van der Waals surface area contributed by atoms with Crippen molar-refractivity contribution < 1.29 is 13.0 Å². The predicted octanol–water partition coefficient (Wildman–Crippen LogP) is 1.70. The van der Waals surface area contributed by atoms with E-state index in [0.717, 1.165) is 5.69 Å². The highest BCUT2D eigenvalue weighted by Crippen LogP contribution is 2.17. The average Bonchev–Trinajstić information content (AvgIpc) is 2.05. The molecule has 0 bridgehead atoms. The molecule has 0 saturated carbocycles. The summed E-state index contributed by atoms with van der Waals surface area (Å²) in [6, 6.07) is 4.01. The van der Waals surface area contributed by atoms with Crippen LogP contribution in [-0.4, -0.2) is 19.2 Å². The quantitative estimate of drug-likeness (QED) is 0.526. The summed E-state index contributed by atoms with van der Waals surface area (Å²) >= 11 is 0. The molecule has 0 heterocycles. The zero-order valence-electron chi connectivity index (χ0n) is 9.40. The Hall–Kier alpha value is -1.07.